The van der Waals surface area contributed by atoms with E-state index in [0.29, 0.717) is 66.4 Å². The van der Waals surface area contributed by atoms with Gasteiger partial charge in [-0.1, -0.05) is 11.6 Å². The van der Waals surface area contributed by atoms with E-state index in [1.165, 1.54) is 18.5 Å². The zero-order chi connectivity index (χ0) is 26.6. The first-order valence-electron chi connectivity index (χ1n) is 12.5. The van der Waals surface area contributed by atoms with E-state index in [-0.39, 0.29) is 16.9 Å². The fourth-order valence-electron chi connectivity index (χ4n) is 4.60. The number of nitrogens with two attached hydrogens (primary N) is 1. The SMILES string of the molecule is Nc1cc2c(Nc3ccc(F)c(Cl)c3)ncnc2cc1OCCCN1CCN(C(=O)[C@@H]2CCC(=O)O2)CC1. The Balaban J connectivity index is 1.12. The van der Waals surface area contributed by atoms with Gasteiger partial charge in [-0.25, -0.2) is 14.4 Å². The minimum atomic E-state index is -0.617. The lowest BCUT2D eigenvalue weighted by molar-refractivity contribution is -0.153. The second-order valence-corrected chi connectivity index (χ2v) is 9.68. The molecule has 1 aromatic heterocycles. The van der Waals surface area contributed by atoms with Gasteiger partial charge in [0.1, 0.15) is 23.7 Å². The Morgan fingerprint density at radius 2 is 2.03 bits per heavy atom. The molecule has 0 saturated carbocycles. The van der Waals surface area contributed by atoms with Gasteiger partial charge in [-0.3, -0.25) is 14.5 Å². The number of nitrogen functional groups attached to an aromatic ring is 1. The minimum absolute atomic E-state index is 0.00953. The molecule has 2 fully saturated rings. The van der Waals surface area contributed by atoms with Gasteiger partial charge in [-0.2, -0.15) is 0 Å². The molecule has 2 aromatic carbocycles. The van der Waals surface area contributed by atoms with Gasteiger partial charge in [-0.05, 0) is 30.7 Å². The first-order valence-corrected chi connectivity index (χ1v) is 12.8. The van der Waals surface area contributed by atoms with Gasteiger partial charge in [0.2, 0.25) is 0 Å². The summed E-state index contributed by atoms with van der Waals surface area (Å²) in [7, 11) is 0. The van der Waals surface area contributed by atoms with E-state index in [4.69, 9.17) is 26.8 Å². The summed E-state index contributed by atoms with van der Waals surface area (Å²) in [6.07, 6.45) is 2.38. The first kappa shape index (κ1) is 25.9. The summed E-state index contributed by atoms with van der Waals surface area (Å²) >= 11 is 5.88. The van der Waals surface area contributed by atoms with E-state index in [0.717, 1.165) is 26.1 Å². The smallest absolute Gasteiger partial charge is 0.306 e. The highest BCUT2D eigenvalue weighted by atomic mass is 35.5. The monoisotopic (exact) mass is 542 g/mol. The number of esters is 1. The molecule has 200 valence electrons. The molecule has 2 aliphatic rings. The van der Waals surface area contributed by atoms with Crippen molar-refractivity contribution in [1.29, 1.82) is 0 Å². The normalized spacial score (nSPS) is 18.0. The van der Waals surface area contributed by atoms with E-state index in [2.05, 4.69) is 20.2 Å². The third-order valence-electron chi connectivity index (χ3n) is 6.67. The molecule has 2 saturated heterocycles. The number of carbonyl (C=O) groups excluding carboxylic acids is 2. The number of piperazine rings is 1. The highest BCUT2D eigenvalue weighted by molar-refractivity contribution is 6.31. The zero-order valence-electron chi connectivity index (χ0n) is 20.7. The predicted molar refractivity (Wildman–Crippen MR) is 141 cm³/mol. The zero-order valence-corrected chi connectivity index (χ0v) is 21.4. The molecule has 10 nitrogen and oxygen atoms in total. The maximum absolute atomic E-state index is 13.5. The van der Waals surface area contributed by atoms with Crippen LogP contribution in [-0.2, 0) is 14.3 Å². The van der Waals surface area contributed by atoms with Crippen LogP contribution in [0, 0.1) is 5.82 Å². The van der Waals surface area contributed by atoms with Crippen molar-refractivity contribution in [3.05, 3.63) is 47.5 Å². The van der Waals surface area contributed by atoms with Crippen LogP contribution in [0.2, 0.25) is 5.02 Å². The third-order valence-corrected chi connectivity index (χ3v) is 6.96. The van der Waals surface area contributed by atoms with Gasteiger partial charge < -0.3 is 25.4 Å². The fraction of sp³-hybridized carbons (Fsp3) is 0.385. The van der Waals surface area contributed by atoms with Gasteiger partial charge in [-0.15, -0.1) is 0 Å². The number of rotatable bonds is 8. The molecule has 0 spiro atoms. The number of anilines is 3. The van der Waals surface area contributed by atoms with E-state index >= 15 is 0 Å². The molecule has 0 bridgehead atoms. The Kier molecular flexibility index (Phi) is 7.75. The van der Waals surface area contributed by atoms with Gasteiger partial charge in [0.05, 0.1) is 22.8 Å². The van der Waals surface area contributed by atoms with Crippen LogP contribution in [-0.4, -0.2) is 77.1 Å². The molecular formula is C26H28ClFN6O4. The van der Waals surface area contributed by atoms with E-state index < -0.39 is 11.9 Å². The Morgan fingerprint density at radius 3 is 2.76 bits per heavy atom. The van der Waals surface area contributed by atoms with Crippen LogP contribution in [0.3, 0.4) is 0 Å². The number of ether oxygens (including phenoxy) is 2. The Labute approximate surface area is 223 Å². The largest absolute Gasteiger partial charge is 0.491 e. The molecule has 3 aromatic rings. The van der Waals surface area contributed by atoms with Crippen molar-refractivity contribution in [2.75, 3.05) is 50.4 Å². The number of halogens is 2. The Morgan fingerprint density at radius 1 is 1.21 bits per heavy atom. The molecule has 1 atom stereocenters. The summed E-state index contributed by atoms with van der Waals surface area (Å²) in [5.41, 5.74) is 7.95. The van der Waals surface area contributed by atoms with Crippen molar-refractivity contribution >= 4 is 51.6 Å². The maximum atomic E-state index is 13.5. The molecule has 0 radical (unpaired) electrons. The van der Waals surface area contributed by atoms with Crippen LogP contribution in [0.25, 0.3) is 10.9 Å². The molecule has 3 N–H and O–H groups in total. The van der Waals surface area contributed by atoms with Crippen molar-refractivity contribution in [3.8, 4) is 5.75 Å². The molecule has 12 heteroatoms. The highest BCUT2D eigenvalue weighted by Gasteiger charge is 2.34. The molecule has 2 aliphatic heterocycles. The average Bonchev–Trinajstić information content (AvgIpc) is 3.35. The number of hydrogen-bond donors (Lipinski definition) is 2. The van der Waals surface area contributed by atoms with Crippen molar-refractivity contribution in [2.45, 2.75) is 25.4 Å². The van der Waals surface area contributed by atoms with Crippen LogP contribution in [0.1, 0.15) is 19.3 Å². The standard InChI is InChI=1S/C26H28ClFN6O4/c27-18-12-16(2-3-19(18)28)32-25-17-13-20(29)23(14-21(17)30-15-31-25)37-11-1-6-33-7-9-34(10-8-33)26(36)22-4-5-24(35)38-22/h2-3,12-15,22H,1,4-11,29H2,(H,30,31,32)/t22-/m0/s1. The molecule has 5 rings (SSSR count). The molecular weight excluding hydrogens is 515 g/mol. The van der Waals surface area contributed by atoms with Crippen molar-refractivity contribution in [3.63, 3.8) is 0 Å². The lowest BCUT2D eigenvalue weighted by Crippen LogP contribution is -2.51. The minimum Gasteiger partial charge on any atom is -0.491 e. The quantitative estimate of drug-likeness (QED) is 0.250. The van der Waals surface area contributed by atoms with Crippen molar-refractivity contribution in [1.82, 2.24) is 19.8 Å². The first-order chi connectivity index (χ1) is 18.4. The fourth-order valence-corrected chi connectivity index (χ4v) is 4.78. The molecule has 0 unspecified atom stereocenters. The summed E-state index contributed by atoms with van der Waals surface area (Å²) < 4.78 is 24.5. The van der Waals surface area contributed by atoms with Crippen LogP contribution >= 0.6 is 11.6 Å². The second-order valence-electron chi connectivity index (χ2n) is 9.27. The number of nitrogens with one attached hydrogen (secondary N) is 1. The second kappa shape index (κ2) is 11.4. The molecule has 1 amide bonds. The lowest BCUT2D eigenvalue weighted by Gasteiger charge is -2.35. The van der Waals surface area contributed by atoms with Gasteiger partial charge in [0.25, 0.3) is 5.91 Å². The van der Waals surface area contributed by atoms with E-state index in [1.54, 1.807) is 23.1 Å². The average molecular weight is 543 g/mol. The summed E-state index contributed by atoms with van der Waals surface area (Å²) in [6, 6.07) is 7.85. The predicted octanol–water partition coefficient (Wildman–Crippen LogP) is 3.37. The topological polar surface area (TPSA) is 123 Å². The van der Waals surface area contributed by atoms with Gasteiger partial charge >= 0.3 is 5.97 Å². The van der Waals surface area contributed by atoms with Crippen LogP contribution in [0.5, 0.6) is 5.75 Å². The third kappa shape index (κ3) is 5.89. The van der Waals surface area contributed by atoms with Crippen molar-refractivity contribution < 1.29 is 23.5 Å². The number of cyclic esters (lactones) is 1. The Hall–Kier alpha value is -3.70. The number of fused-ring (bicyclic) bond motifs is 1. The lowest BCUT2D eigenvalue weighted by atomic mass is 10.2. The number of aromatic nitrogens is 2. The molecule has 38 heavy (non-hydrogen) atoms. The van der Waals surface area contributed by atoms with E-state index in [1.807, 2.05) is 0 Å². The maximum Gasteiger partial charge on any atom is 0.306 e. The van der Waals surface area contributed by atoms with Gasteiger partial charge in [0, 0.05) is 62.7 Å². The van der Waals surface area contributed by atoms with Crippen molar-refractivity contribution in [2.24, 2.45) is 0 Å². The highest BCUT2D eigenvalue weighted by Crippen LogP contribution is 2.32. The number of nitrogens with zero attached hydrogens (tertiary/aromatic N) is 4. The summed E-state index contributed by atoms with van der Waals surface area (Å²) in [4.78, 5) is 36.5. The Bertz CT molecular complexity index is 1350. The van der Waals surface area contributed by atoms with Gasteiger partial charge in [0.15, 0.2) is 6.10 Å². The number of hydrogen-bond acceptors (Lipinski definition) is 9. The number of benzene rings is 2. The van der Waals surface area contributed by atoms with E-state index in [9.17, 15) is 14.0 Å². The summed E-state index contributed by atoms with van der Waals surface area (Å²) in [5, 5.41) is 3.83. The number of carbonyl (C=O) groups is 2. The van der Waals surface area contributed by atoms with Crippen LogP contribution in [0.4, 0.5) is 21.6 Å². The van der Waals surface area contributed by atoms with Crippen LogP contribution < -0.4 is 15.8 Å². The molecule has 0 aliphatic carbocycles. The summed E-state index contributed by atoms with van der Waals surface area (Å²) in [6.45, 7) is 4.05. The molecule has 3 heterocycles. The summed E-state index contributed by atoms with van der Waals surface area (Å²) in [5.74, 6) is 0.164. The van der Waals surface area contributed by atoms with Crippen LogP contribution in [0.15, 0.2) is 36.7 Å². The number of amides is 1.